The van der Waals surface area contributed by atoms with Crippen molar-refractivity contribution in [1.82, 2.24) is 24.5 Å². The Hall–Kier alpha value is -11.4. The van der Waals surface area contributed by atoms with E-state index in [0.29, 0.717) is 27.8 Å². The Morgan fingerprint density at radius 1 is 0.310 bits per heavy atom. The molecule has 0 radical (unpaired) electrons. The van der Waals surface area contributed by atoms with E-state index in [4.69, 9.17) is 39.2 Å². The minimum atomic E-state index is 0.348. The molecule has 87 heavy (non-hydrogen) atoms. The van der Waals surface area contributed by atoms with E-state index in [0.717, 1.165) is 111 Å². The van der Waals surface area contributed by atoms with Crippen molar-refractivity contribution in [2.75, 3.05) is 0 Å². The molecule has 408 valence electrons. The van der Waals surface area contributed by atoms with Gasteiger partial charge in [-0.25, -0.2) is 19.9 Å². The van der Waals surface area contributed by atoms with Gasteiger partial charge in [0.25, 0.3) is 0 Å². The number of benzene rings is 12. The molecule has 0 unspecified atom stereocenters. The zero-order chi connectivity index (χ0) is 57.3. The number of furan rings is 4. The minimum absolute atomic E-state index is 0.348. The van der Waals surface area contributed by atoms with Gasteiger partial charge in [0.1, 0.15) is 55.9 Å². The molecule has 1 aliphatic carbocycles. The van der Waals surface area contributed by atoms with Crippen LogP contribution in [0.25, 0.3) is 171 Å². The van der Waals surface area contributed by atoms with Gasteiger partial charge in [0.05, 0.1) is 11.0 Å². The van der Waals surface area contributed by atoms with Crippen molar-refractivity contribution in [3.05, 3.63) is 271 Å². The van der Waals surface area contributed by atoms with Crippen LogP contribution in [0.1, 0.15) is 11.1 Å². The molecule has 0 atom stereocenters. The molecule has 0 spiro atoms. The van der Waals surface area contributed by atoms with Gasteiger partial charge in [-0.15, -0.1) is 0 Å². The smallest absolute Gasteiger partial charge is 0.247 e. The molecule has 20 rings (SSSR count). The van der Waals surface area contributed by atoms with Gasteiger partial charge in [-0.3, -0.25) is 4.57 Å². The van der Waals surface area contributed by atoms with E-state index in [-0.39, 0.29) is 0 Å². The van der Waals surface area contributed by atoms with Crippen molar-refractivity contribution in [1.29, 1.82) is 0 Å². The van der Waals surface area contributed by atoms with Gasteiger partial charge in [0.2, 0.25) is 11.4 Å². The maximum atomic E-state index is 6.50. The molecule has 0 saturated carbocycles. The number of hydrogen-bond acceptors (Lipinski definition) is 8. The van der Waals surface area contributed by atoms with Crippen LogP contribution in [0.3, 0.4) is 0 Å². The molecule has 0 bridgehead atoms. The number of nitrogens with zero attached hydrogens (tertiary/aromatic N) is 5. The summed E-state index contributed by atoms with van der Waals surface area (Å²) in [5.41, 5.74) is 18.4. The van der Waals surface area contributed by atoms with E-state index in [1.807, 2.05) is 115 Å². The van der Waals surface area contributed by atoms with E-state index in [1.54, 1.807) is 0 Å². The normalized spacial score (nSPS) is 12.1. The zero-order valence-corrected chi connectivity index (χ0v) is 47.0. The molecule has 12 aromatic carbocycles. The third-order valence-electron chi connectivity index (χ3n) is 17.1. The number of rotatable bonds is 3. The SMILES string of the molecule is Clc1nc2c(nc1-c1ccc3oc4ccccc4c3c1)oc1ccccc12.c1ccc2c(c1)Cc1cc3ccccc3cc1-2.c1ccc2cc3c(cc2c1)c1ccccc1n3-c1nc2c(nc1-c1ccc3oc4ccccc4c3c1)oc1ccccc12. The van der Waals surface area contributed by atoms with Crippen LogP contribution >= 0.6 is 11.6 Å². The highest BCUT2D eigenvalue weighted by atomic mass is 35.5. The molecular weight excluding hydrogens is 1090 g/mol. The molecule has 7 aromatic heterocycles. The molecule has 0 fully saturated rings. The third kappa shape index (κ3) is 7.94. The second kappa shape index (κ2) is 19.3. The van der Waals surface area contributed by atoms with Crippen molar-refractivity contribution in [2.24, 2.45) is 0 Å². The van der Waals surface area contributed by atoms with Crippen LogP contribution in [0.15, 0.2) is 272 Å². The average molecular weight is 1140 g/mol. The maximum Gasteiger partial charge on any atom is 0.247 e. The third-order valence-corrected chi connectivity index (χ3v) is 17.3. The molecule has 7 heterocycles. The lowest BCUT2D eigenvalue weighted by Gasteiger charge is -2.13. The maximum absolute atomic E-state index is 6.50. The summed E-state index contributed by atoms with van der Waals surface area (Å²) >= 11 is 6.50. The van der Waals surface area contributed by atoms with Gasteiger partial charge >= 0.3 is 0 Å². The molecular formula is C77H44ClN5O4. The summed E-state index contributed by atoms with van der Waals surface area (Å²) in [5.74, 6) is 0.757. The van der Waals surface area contributed by atoms with Gasteiger partial charge in [0, 0.05) is 54.2 Å². The first-order valence-corrected chi connectivity index (χ1v) is 29.3. The lowest BCUT2D eigenvalue weighted by atomic mass is 10.0. The number of aromatic nitrogens is 5. The second-order valence-corrected chi connectivity index (χ2v) is 22.5. The van der Waals surface area contributed by atoms with Crippen LogP contribution in [-0.4, -0.2) is 24.5 Å². The highest BCUT2D eigenvalue weighted by Gasteiger charge is 2.24. The monoisotopic (exact) mass is 1140 g/mol. The summed E-state index contributed by atoms with van der Waals surface area (Å²) in [6, 6.07) is 87.5. The van der Waals surface area contributed by atoms with E-state index >= 15 is 0 Å². The molecule has 10 heteroatoms. The van der Waals surface area contributed by atoms with Gasteiger partial charge in [-0.1, -0.05) is 169 Å². The highest BCUT2D eigenvalue weighted by Crippen LogP contribution is 2.43. The van der Waals surface area contributed by atoms with Crippen LogP contribution in [0, 0.1) is 0 Å². The predicted octanol–water partition coefficient (Wildman–Crippen LogP) is 21.2. The van der Waals surface area contributed by atoms with Crippen LogP contribution in [-0.2, 0) is 6.42 Å². The molecule has 0 N–H and O–H groups in total. The Kier molecular flexibility index (Phi) is 10.9. The Balaban J connectivity index is 0.000000110. The first kappa shape index (κ1) is 49.1. The average Bonchev–Trinajstić information content (AvgIpc) is 2.08. The Labute approximate surface area is 499 Å². The second-order valence-electron chi connectivity index (χ2n) is 22.1. The lowest BCUT2D eigenvalue weighted by Crippen LogP contribution is -2.03. The van der Waals surface area contributed by atoms with Gasteiger partial charge in [-0.2, -0.15) is 0 Å². The fourth-order valence-corrected chi connectivity index (χ4v) is 13.2. The summed E-state index contributed by atoms with van der Waals surface area (Å²) in [5, 5.41) is 13.8. The first-order chi connectivity index (χ1) is 43.0. The fourth-order valence-electron chi connectivity index (χ4n) is 13.0. The van der Waals surface area contributed by atoms with Crippen molar-refractivity contribution in [3.63, 3.8) is 0 Å². The highest BCUT2D eigenvalue weighted by molar-refractivity contribution is 6.32. The predicted molar refractivity (Wildman–Crippen MR) is 353 cm³/mol. The molecule has 19 aromatic rings. The van der Waals surface area contributed by atoms with Gasteiger partial charge in [-0.05, 0) is 147 Å². The van der Waals surface area contributed by atoms with Crippen LogP contribution in [0.2, 0.25) is 5.15 Å². The molecule has 0 aliphatic heterocycles. The summed E-state index contributed by atoms with van der Waals surface area (Å²) < 4.78 is 26.4. The Morgan fingerprint density at radius 2 is 0.782 bits per heavy atom. The van der Waals surface area contributed by atoms with E-state index < -0.39 is 0 Å². The minimum Gasteiger partial charge on any atom is -0.456 e. The summed E-state index contributed by atoms with van der Waals surface area (Å²) in [4.78, 5) is 19.8. The summed E-state index contributed by atoms with van der Waals surface area (Å²) in [7, 11) is 0. The van der Waals surface area contributed by atoms with E-state index in [2.05, 4.69) is 154 Å². The van der Waals surface area contributed by atoms with E-state index in [1.165, 1.54) is 54.6 Å². The van der Waals surface area contributed by atoms with Crippen LogP contribution in [0.5, 0.6) is 0 Å². The van der Waals surface area contributed by atoms with Crippen molar-refractivity contribution in [3.8, 4) is 39.5 Å². The molecule has 9 nitrogen and oxygen atoms in total. The van der Waals surface area contributed by atoms with E-state index in [9.17, 15) is 0 Å². The van der Waals surface area contributed by atoms with Gasteiger partial charge < -0.3 is 17.7 Å². The summed E-state index contributed by atoms with van der Waals surface area (Å²) in [6.45, 7) is 0. The Bertz CT molecular complexity index is 6050. The number of halogens is 1. The molecule has 1 aliphatic rings. The first-order valence-electron chi connectivity index (χ1n) is 28.9. The summed E-state index contributed by atoms with van der Waals surface area (Å²) in [6.07, 6.45) is 1.08. The van der Waals surface area contributed by atoms with Crippen molar-refractivity contribution >= 4 is 143 Å². The largest absolute Gasteiger partial charge is 0.456 e. The van der Waals surface area contributed by atoms with Crippen molar-refractivity contribution in [2.45, 2.75) is 6.42 Å². The number of fused-ring (bicyclic) bond motifs is 20. The number of para-hydroxylation sites is 5. The van der Waals surface area contributed by atoms with Crippen LogP contribution < -0.4 is 0 Å². The van der Waals surface area contributed by atoms with Gasteiger partial charge in [0.15, 0.2) is 11.0 Å². The quantitative estimate of drug-likeness (QED) is 0.172. The fraction of sp³-hybridized carbons (Fsp3) is 0.0130. The molecule has 0 saturated heterocycles. The lowest BCUT2D eigenvalue weighted by molar-refractivity contribution is 0.653. The van der Waals surface area contributed by atoms with Crippen molar-refractivity contribution < 1.29 is 17.7 Å². The Morgan fingerprint density at radius 3 is 1.43 bits per heavy atom. The number of hydrogen-bond donors (Lipinski definition) is 0. The standard InChI is InChI=1S/C38H21N3O2.C22H11ClN2O2.C17H12/c1-2-10-23-21-31-28(19-22(23)9-1)25-11-3-6-14-30(25)41(31)37-35(40-38-36(39-37)27-13-5-8-16-33(27)43-38)24-17-18-34-29(20-24)26-12-4-7-15-32(26)42-34;23-21-19(25-22-20(24-21)14-6-2-4-8-17(14)27-22)12-9-10-18-15(11-12)13-5-1-3-7-16(13)26-18;1-2-6-13-11-17-15(9-12(13)5-1)10-14-7-3-4-8-16(14)17/h1-21H;1-11H;1-9,11H,10H2. The van der Waals surface area contributed by atoms with Crippen LogP contribution in [0.4, 0.5) is 0 Å². The molecule has 0 amide bonds. The topological polar surface area (TPSA) is 109 Å². The zero-order valence-electron chi connectivity index (χ0n) is 46.2.